The number of benzene rings is 1. The Morgan fingerprint density at radius 3 is 2.30 bits per heavy atom. The van der Waals surface area contributed by atoms with Gasteiger partial charge in [-0.05, 0) is 19.1 Å². The van der Waals surface area contributed by atoms with E-state index in [4.69, 9.17) is 5.73 Å². The molecule has 0 atom stereocenters. The number of hydrogen-bond donors (Lipinski definition) is 2. The largest absolute Gasteiger partial charge is 0.383 e. The van der Waals surface area contributed by atoms with Crippen LogP contribution in [0, 0.1) is 12.7 Å². The zero-order chi connectivity index (χ0) is 15.7. The number of rotatable bonds is 4. The number of hydrogen-bond acceptors (Lipinski definition) is 2. The summed E-state index contributed by atoms with van der Waals surface area (Å²) in [6.07, 6.45) is -4.22. The van der Waals surface area contributed by atoms with Crippen molar-refractivity contribution in [1.29, 1.82) is 0 Å². The molecule has 4 nitrogen and oxygen atoms in total. The lowest BCUT2D eigenvalue weighted by molar-refractivity contribution is -0.163. The summed E-state index contributed by atoms with van der Waals surface area (Å²) in [4.78, 5) is 21.9. The predicted octanol–water partition coefficient (Wildman–Crippen LogP) is 2.07. The average molecular weight is 296 g/mol. The van der Waals surface area contributed by atoms with E-state index in [-0.39, 0.29) is 5.56 Å². The molecule has 2 amide bonds. The quantitative estimate of drug-likeness (QED) is 0.835. The van der Waals surface area contributed by atoms with Gasteiger partial charge in [0.1, 0.15) is 5.82 Å². The Morgan fingerprint density at radius 2 is 1.85 bits per heavy atom. The van der Waals surface area contributed by atoms with E-state index in [0.29, 0.717) is 0 Å². The fourth-order valence-electron chi connectivity index (χ4n) is 1.26. The average Bonchev–Trinajstić information content (AvgIpc) is 2.33. The van der Waals surface area contributed by atoms with Crippen LogP contribution in [0.3, 0.4) is 0 Å². The van der Waals surface area contributed by atoms with E-state index in [9.17, 15) is 31.5 Å². The van der Waals surface area contributed by atoms with Gasteiger partial charge in [0.05, 0.1) is 0 Å². The third-order valence-corrected chi connectivity index (χ3v) is 2.45. The fraction of sp³-hybridized carbons (Fsp3) is 0.273. The monoisotopic (exact) mass is 296 g/mol. The first-order chi connectivity index (χ1) is 9.07. The van der Waals surface area contributed by atoms with E-state index >= 15 is 0 Å². The molecule has 1 rings (SSSR count). The van der Waals surface area contributed by atoms with Crippen molar-refractivity contribution in [3.63, 3.8) is 0 Å². The van der Waals surface area contributed by atoms with Crippen molar-refractivity contribution in [3.8, 4) is 0 Å². The van der Waals surface area contributed by atoms with Gasteiger partial charge in [0, 0.05) is 16.8 Å². The minimum Gasteiger partial charge on any atom is -0.366 e. The molecule has 110 valence electrons. The van der Waals surface area contributed by atoms with E-state index < -0.39 is 41.2 Å². The highest BCUT2D eigenvalue weighted by molar-refractivity contribution is 5.99. The van der Waals surface area contributed by atoms with Crippen molar-refractivity contribution in [1.82, 2.24) is 0 Å². The summed E-state index contributed by atoms with van der Waals surface area (Å²) in [7, 11) is 0. The van der Waals surface area contributed by atoms with Crippen molar-refractivity contribution < 1.29 is 31.5 Å². The lowest BCUT2D eigenvalue weighted by Crippen LogP contribution is -2.41. The molecule has 0 aromatic heterocycles. The van der Waals surface area contributed by atoms with E-state index in [0.717, 1.165) is 19.1 Å². The van der Waals surface area contributed by atoms with E-state index in [1.165, 1.54) is 5.32 Å². The van der Waals surface area contributed by atoms with Crippen molar-refractivity contribution in [3.05, 3.63) is 29.1 Å². The van der Waals surface area contributed by atoms with Gasteiger partial charge in [-0.25, -0.2) is 13.2 Å². The number of nitrogens with two attached hydrogens (primary N) is 1. The van der Waals surface area contributed by atoms with Crippen LogP contribution >= 0.6 is 0 Å². The molecule has 0 unspecified atom stereocenters. The molecule has 9 heteroatoms. The van der Waals surface area contributed by atoms with Crippen LogP contribution in [-0.2, 0) is 4.79 Å². The Hall–Kier alpha value is -2.19. The zero-order valence-corrected chi connectivity index (χ0v) is 10.0. The van der Waals surface area contributed by atoms with Gasteiger partial charge in [-0.15, -0.1) is 0 Å². The topological polar surface area (TPSA) is 72.2 Å². The standard InChI is InChI=1S/C11H9F5N2O2/c1-4-6(12)2-5(8(17)19)3-7(4)18-10(20)11(15,16)9(13)14/h2-3,9H,1H3,(H2,17,19)(H,18,20). The molecule has 0 aliphatic carbocycles. The van der Waals surface area contributed by atoms with Gasteiger partial charge in [0.2, 0.25) is 5.91 Å². The Balaban J connectivity index is 3.16. The van der Waals surface area contributed by atoms with Gasteiger partial charge in [-0.3, -0.25) is 9.59 Å². The molecule has 3 N–H and O–H groups in total. The summed E-state index contributed by atoms with van der Waals surface area (Å²) in [5.41, 5.74) is 3.65. The SMILES string of the molecule is Cc1c(F)cc(C(N)=O)cc1NC(=O)C(F)(F)C(F)F. The number of primary amides is 1. The van der Waals surface area contributed by atoms with Gasteiger partial charge in [-0.2, -0.15) is 8.78 Å². The van der Waals surface area contributed by atoms with Crippen molar-refractivity contribution in [2.75, 3.05) is 5.32 Å². The number of carbonyl (C=O) groups is 2. The number of carbonyl (C=O) groups excluding carboxylic acids is 2. The van der Waals surface area contributed by atoms with Crippen LogP contribution in [0.1, 0.15) is 15.9 Å². The molecule has 0 saturated carbocycles. The molecule has 0 fully saturated rings. The number of nitrogens with one attached hydrogen (secondary N) is 1. The molecule has 1 aromatic rings. The van der Waals surface area contributed by atoms with E-state index in [1.54, 1.807) is 0 Å². The summed E-state index contributed by atoms with van der Waals surface area (Å²) < 4.78 is 62.9. The van der Waals surface area contributed by atoms with Crippen LogP contribution in [0.4, 0.5) is 27.6 Å². The van der Waals surface area contributed by atoms with Gasteiger partial charge in [0.25, 0.3) is 0 Å². The highest BCUT2D eigenvalue weighted by atomic mass is 19.3. The van der Waals surface area contributed by atoms with Crippen LogP contribution in [0.25, 0.3) is 0 Å². The lowest BCUT2D eigenvalue weighted by Gasteiger charge is -2.16. The third-order valence-electron chi connectivity index (χ3n) is 2.45. The molecule has 0 aliphatic rings. The van der Waals surface area contributed by atoms with Crippen molar-refractivity contribution in [2.24, 2.45) is 5.73 Å². The Morgan fingerprint density at radius 1 is 1.30 bits per heavy atom. The summed E-state index contributed by atoms with van der Waals surface area (Å²) in [5, 5.41) is 1.45. The normalized spacial score (nSPS) is 11.6. The number of anilines is 1. The number of halogens is 5. The molecule has 0 aliphatic heterocycles. The van der Waals surface area contributed by atoms with Crippen LogP contribution in [0.5, 0.6) is 0 Å². The summed E-state index contributed by atoms with van der Waals surface area (Å²) in [6.45, 7) is 1.11. The molecular weight excluding hydrogens is 287 g/mol. The van der Waals surface area contributed by atoms with Gasteiger partial charge < -0.3 is 11.1 Å². The van der Waals surface area contributed by atoms with Gasteiger partial charge in [0.15, 0.2) is 0 Å². The van der Waals surface area contributed by atoms with Gasteiger partial charge >= 0.3 is 18.3 Å². The van der Waals surface area contributed by atoms with Crippen LogP contribution < -0.4 is 11.1 Å². The zero-order valence-electron chi connectivity index (χ0n) is 10.0. The minimum atomic E-state index is -4.94. The van der Waals surface area contributed by atoms with Crippen LogP contribution in [0.2, 0.25) is 0 Å². The van der Waals surface area contributed by atoms with Crippen molar-refractivity contribution >= 4 is 17.5 Å². The molecule has 1 aromatic carbocycles. The van der Waals surface area contributed by atoms with Gasteiger partial charge in [-0.1, -0.05) is 0 Å². The maximum absolute atomic E-state index is 13.4. The molecule has 20 heavy (non-hydrogen) atoms. The highest BCUT2D eigenvalue weighted by Gasteiger charge is 2.49. The van der Waals surface area contributed by atoms with E-state index in [1.807, 2.05) is 0 Å². The maximum atomic E-state index is 13.4. The molecule has 0 saturated heterocycles. The number of alkyl halides is 4. The first kappa shape index (κ1) is 15.9. The summed E-state index contributed by atoms with van der Waals surface area (Å²) >= 11 is 0. The summed E-state index contributed by atoms with van der Waals surface area (Å²) in [6, 6.07) is 1.55. The molecule has 0 bridgehead atoms. The number of amides is 2. The minimum absolute atomic E-state index is 0.298. The Kier molecular flexibility index (Phi) is 4.31. The first-order valence-electron chi connectivity index (χ1n) is 5.14. The second kappa shape index (κ2) is 5.43. The molecular formula is C11H9F5N2O2. The Labute approximate surface area is 109 Å². The fourth-order valence-corrected chi connectivity index (χ4v) is 1.26. The molecule has 0 radical (unpaired) electrons. The molecule has 0 heterocycles. The molecule has 0 spiro atoms. The van der Waals surface area contributed by atoms with Crippen LogP contribution in [0.15, 0.2) is 12.1 Å². The summed E-state index contributed by atoms with van der Waals surface area (Å²) in [5.74, 6) is -9.32. The van der Waals surface area contributed by atoms with E-state index in [2.05, 4.69) is 0 Å². The Bertz CT molecular complexity index is 560. The second-order valence-corrected chi connectivity index (χ2v) is 3.87. The smallest absolute Gasteiger partial charge is 0.366 e. The second-order valence-electron chi connectivity index (χ2n) is 3.87. The lowest BCUT2D eigenvalue weighted by atomic mass is 10.1. The third kappa shape index (κ3) is 3.03. The predicted molar refractivity (Wildman–Crippen MR) is 59.2 cm³/mol. The van der Waals surface area contributed by atoms with Crippen molar-refractivity contribution in [2.45, 2.75) is 19.3 Å². The van der Waals surface area contributed by atoms with Crippen LogP contribution in [-0.4, -0.2) is 24.2 Å². The highest BCUT2D eigenvalue weighted by Crippen LogP contribution is 2.27. The maximum Gasteiger partial charge on any atom is 0.383 e. The first-order valence-corrected chi connectivity index (χ1v) is 5.14.